The number of methoxy groups -OCH3 is 1. The third kappa shape index (κ3) is 19.1. The number of ether oxygens (including phenoxy) is 11. The molecule has 3 atom stereocenters. The predicted molar refractivity (Wildman–Crippen MR) is 252 cm³/mol. The molecular formula is C47H71N11O11. The van der Waals surface area contributed by atoms with E-state index < -0.39 is 0 Å². The number of hydrogen-bond donors (Lipinski definition) is 1. The summed E-state index contributed by atoms with van der Waals surface area (Å²) < 4.78 is 65.8. The van der Waals surface area contributed by atoms with Crippen molar-refractivity contribution in [2.45, 2.75) is 83.4 Å². The van der Waals surface area contributed by atoms with Gasteiger partial charge in [0.25, 0.3) is 5.88 Å². The van der Waals surface area contributed by atoms with Crippen LogP contribution in [0.5, 0.6) is 11.6 Å². The summed E-state index contributed by atoms with van der Waals surface area (Å²) in [7, 11) is 1.64. The fraction of sp³-hybridized carbons (Fsp3) is 0.681. The molecule has 0 bridgehead atoms. The number of rotatable bonds is 34. The van der Waals surface area contributed by atoms with Gasteiger partial charge in [-0.05, 0) is 74.6 Å². The standard InChI is InChI=1S/C47H71N11O11/c1-36-31-56(32-37(2)68-36)42-7-9-43(10-8-42)58-34-44(52-47-49-29-41(30-50-47)39-5-6-40(28-48)45(27-39)69-38(3)33-57-35-51-54-55-57)46(53-58)67-26-25-66-24-23-65-22-21-64-20-19-63-18-17-62-16-15-61-14-13-60-12-11-59-4/h5-6,27,29-30,34-38,42-43H,7-26,31-33H2,1-4H3,(H,49,50,52)/t36-,37+,38-,42?,43?/m0/s1. The normalized spacial score (nSPS) is 19.1. The number of nitrogens with one attached hydrogen (secondary N) is 1. The minimum absolute atomic E-state index is 0.227. The molecule has 1 aromatic carbocycles. The zero-order valence-corrected chi connectivity index (χ0v) is 40.7. The summed E-state index contributed by atoms with van der Waals surface area (Å²) >= 11 is 0. The summed E-state index contributed by atoms with van der Waals surface area (Å²) in [6.07, 6.45) is 11.3. The van der Waals surface area contributed by atoms with Crippen LogP contribution in [0, 0.1) is 11.3 Å². The summed E-state index contributed by atoms with van der Waals surface area (Å²) in [5, 5.41) is 29.3. The van der Waals surface area contributed by atoms with Crippen molar-refractivity contribution in [3.63, 3.8) is 0 Å². The van der Waals surface area contributed by atoms with Crippen LogP contribution in [-0.4, -0.2) is 195 Å². The van der Waals surface area contributed by atoms with Crippen molar-refractivity contribution in [2.75, 3.05) is 131 Å². The third-order valence-electron chi connectivity index (χ3n) is 11.3. The second-order valence-electron chi connectivity index (χ2n) is 16.8. The second-order valence-corrected chi connectivity index (χ2v) is 16.8. The van der Waals surface area contributed by atoms with Crippen LogP contribution in [0.1, 0.15) is 58.1 Å². The highest BCUT2D eigenvalue weighted by Crippen LogP contribution is 2.35. The molecular weight excluding hydrogens is 895 g/mol. The first-order valence-electron chi connectivity index (χ1n) is 24.0. The first kappa shape index (κ1) is 53.4. The van der Waals surface area contributed by atoms with Crippen LogP contribution >= 0.6 is 0 Å². The molecule has 4 heterocycles. The lowest BCUT2D eigenvalue weighted by Gasteiger charge is -2.42. The Labute approximate surface area is 405 Å². The minimum atomic E-state index is -0.295. The molecule has 1 saturated carbocycles. The van der Waals surface area contributed by atoms with Gasteiger partial charge in [-0.15, -0.1) is 10.2 Å². The minimum Gasteiger partial charge on any atom is -0.487 e. The van der Waals surface area contributed by atoms with Gasteiger partial charge >= 0.3 is 0 Å². The Bertz CT molecular complexity index is 2020. The van der Waals surface area contributed by atoms with Crippen LogP contribution < -0.4 is 14.8 Å². The molecule has 2 fully saturated rings. The van der Waals surface area contributed by atoms with E-state index in [1.54, 1.807) is 30.3 Å². The van der Waals surface area contributed by atoms with E-state index in [9.17, 15) is 5.26 Å². The second kappa shape index (κ2) is 30.6. The van der Waals surface area contributed by atoms with Crippen LogP contribution in [0.4, 0.5) is 11.6 Å². The maximum atomic E-state index is 9.77. The summed E-state index contributed by atoms with van der Waals surface area (Å²) in [5.74, 6) is 1.27. The van der Waals surface area contributed by atoms with Gasteiger partial charge in [0.1, 0.15) is 36.5 Å². The first-order valence-corrected chi connectivity index (χ1v) is 24.0. The van der Waals surface area contributed by atoms with E-state index in [1.807, 2.05) is 29.9 Å². The highest BCUT2D eigenvalue weighted by Gasteiger charge is 2.32. The van der Waals surface area contributed by atoms with Crippen molar-refractivity contribution >= 4 is 11.6 Å². The Morgan fingerprint density at radius 1 is 0.739 bits per heavy atom. The number of hydrogen-bond acceptors (Lipinski definition) is 20. The molecule has 2 aliphatic rings. The molecule has 4 aromatic rings. The molecule has 1 aliphatic carbocycles. The molecule has 22 heteroatoms. The fourth-order valence-corrected chi connectivity index (χ4v) is 8.05. The van der Waals surface area contributed by atoms with E-state index in [0.717, 1.165) is 49.9 Å². The van der Waals surface area contributed by atoms with Gasteiger partial charge < -0.3 is 57.4 Å². The topological polar surface area (TPSA) is 228 Å². The van der Waals surface area contributed by atoms with Crippen molar-refractivity contribution < 1.29 is 52.1 Å². The smallest absolute Gasteiger partial charge is 0.257 e. The average molecular weight is 966 g/mol. The van der Waals surface area contributed by atoms with Gasteiger partial charge in [-0.2, -0.15) is 5.26 Å². The predicted octanol–water partition coefficient (Wildman–Crippen LogP) is 4.14. The number of morpholine rings is 1. The van der Waals surface area contributed by atoms with Crippen molar-refractivity contribution in [1.82, 2.24) is 44.9 Å². The van der Waals surface area contributed by atoms with Crippen LogP contribution in [0.15, 0.2) is 43.1 Å². The molecule has 22 nitrogen and oxygen atoms in total. The average Bonchev–Trinajstić information content (AvgIpc) is 4.02. The lowest BCUT2D eigenvalue weighted by atomic mass is 9.89. The molecule has 0 unspecified atom stereocenters. The molecule has 380 valence electrons. The largest absolute Gasteiger partial charge is 0.487 e. The Balaban J connectivity index is 0.911. The van der Waals surface area contributed by atoms with Crippen molar-refractivity contribution in [2.24, 2.45) is 0 Å². The fourth-order valence-electron chi connectivity index (χ4n) is 8.05. The summed E-state index contributed by atoms with van der Waals surface area (Å²) in [6.45, 7) is 16.1. The Kier molecular flexibility index (Phi) is 23.7. The van der Waals surface area contributed by atoms with Gasteiger partial charge in [0, 0.05) is 44.2 Å². The molecule has 0 radical (unpaired) electrons. The lowest BCUT2D eigenvalue weighted by Crippen LogP contribution is -2.51. The van der Waals surface area contributed by atoms with E-state index in [-0.39, 0.29) is 31.0 Å². The van der Waals surface area contributed by atoms with Crippen LogP contribution in [0.25, 0.3) is 11.1 Å². The van der Waals surface area contributed by atoms with E-state index in [2.05, 4.69) is 55.6 Å². The van der Waals surface area contributed by atoms with Crippen molar-refractivity contribution in [1.29, 1.82) is 5.26 Å². The SMILES string of the molecule is COCCOCCOCCOCCOCCOCCOCCOCCOc1nn(C2CCC(N3C[C@@H](C)O[C@@H](C)C3)CC2)cc1Nc1ncc(-c2ccc(C#N)c(O[C@@H](C)Cn3cnnn3)c2)cn1. The van der Waals surface area contributed by atoms with Gasteiger partial charge in [-0.1, -0.05) is 6.07 Å². The van der Waals surface area contributed by atoms with Crippen molar-refractivity contribution in [3.05, 3.63) is 48.7 Å². The van der Waals surface area contributed by atoms with Gasteiger partial charge in [-0.3, -0.25) is 9.58 Å². The summed E-state index contributed by atoms with van der Waals surface area (Å²) in [4.78, 5) is 11.9. The first-order chi connectivity index (χ1) is 33.9. The molecule has 1 aliphatic heterocycles. The zero-order chi connectivity index (χ0) is 48.3. The molecule has 6 rings (SSSR count). The van der Waals surface area contributed by atoms with E-state index >= 15 is 0 Å². The number of anilines is 2. The Morgan fingerprint density at radius 2 is 1.29 bits per heavy atom. The zero-order valence-electron chi connectivity index (χ0n) is 40.7. The molecule has 0 spiro atoms. The molecule has 69 heavy (non-hydrogen) atoms. The molecule has 0 amide bonds. The number of tetrazole rings is 1. The maximum Gasteiger partial charge on any atom is 0.257 e. The highest BCUT2D eigenvalue weighted by atomic mass is 16.6. The van der Waals surface area contributed by atoms with E-state index in [0.29, 0.717) is 141 Å². The van der Waals surface area contributed by atoms with Gasteiger partial charge in [-0.25, -0.2) is 14.6 Å². The molecule has 1 N–H and O–H groups in total. The van der Waals surface area contributed by atoms with Crippen molar-refractivity contribution in [3.8, 4) is 28.8 Å². The number of nitriles is 1. The van der Waals surface area contributed by atoms with E-state index in [4.69, 9.17) is 57.2 Å². The Morgan fingerprint density at radius 3 is 1.83 bits per heavy atom. The van der Waals surface area contributed by atoms with Gasteiger partial charge in [0.15, 0.2) is 0 Å². The van der Waals surface area contributed by atoms with Gasteiger partial charge in [0.05, 0.1) is 136 Å². The Hall–Kier alpha value is -4.93. The molecule has 1 saturated heterocycles. The van der Waals surface area contributed by atoms with E-state index in [1.165, 1.54) is 6.33 Å². The van der Waals surface area contributed by atoms with Crippen LogP contribution in [0.2, 0.25) is 0 Å². The monoisotopic (exact) mass is 966 g/mol. The molecule has 3 aromatic heterocycles. The quantitative estimate of drug-likeness (QED) is 0.0649. The summed E-state index contributed by atoms with van der Waals surface area (Å²) in [5.41, 5.74) is 2.62. The van der Waals surface area contributed by atoms with Gasteiger partial charge in [0.2, 0.25) is 5.95 Å². The number of nitrogens with zero attached hydrogens (tertiary/aromatic N) is 10. The third-order valence-corrected chi connectivity index (χ3v) is 11.3. The summed E-state index contributed by atoms with van der Waals surface area (Å²) in [6, 6.07) is 8.36. The van der Waals surface area contributed by atoms with Crippen LogP contribution in [-0.2, 0) is 49.2 Å². The number of aromatic nitrogens is 8. The number of benzene rings is 1. The lowest BCUT2D eigenvalue weighted by molar-refractivity contribution is -0.0852. The highest BCUT2D eigenvalue weighted by molar-refractivity contribution is 5.67. The maximum absolute atomic E-state index is 9.77. The van der Waals surface area contributed by atoms with Crippen LogP contribution in [0.3, 0.4) is 0 Å².